The molecule has 0 unspecified atom stereocenters. The molecule has 4 aromatic rings. The summed E-state index contributed by atoms with van der Waals surface area (Å²) in [7, 11) is 3.02. The van der Waals surface area contributed by atoms with Gasteiger partial charge in [-0.25, -0.2) is 10.0 Å². The van der Waals surface area contributed by atoms with E-state index in [2.05, 4.69) is 4.98 Å². The first-order valence-corrected chi connectivity index (χ1v) is 10.4. The summed E-state index contributed by atoms with van der Waals surface area (Å²) in [5.41, 5.74) is 3.86. The number of hydrogen-bond acceptors (Lipinski definition) is 5. The summed E-state index contributed by atoms with van der Waals surface area (Å²) >= 11 is 7.49. The molecule has 2 aromatic heterocycles. The molecule has 0 aliphatic heterocycles. The quantitative estimate of drug-likeness (QED) is 0.383. The van der Waals surface area contributed by atoms with Crippen LogP contribution >= 0.6 is 22.9 Å². The first-order valence-electron chi connectivity index (χ1n) is 9.24. The van der Waals surface area contributed by atoms with Crippen LogP contribution in [0.3, 0.4) is 0 Å². The number of nitrogens with zero attached hydrogens (tertiary/aromatic N) is 3. The predicted molar refractivity (Wildman–Crippen MR) is 119 cm³/mol. The molecule has 0 fully saturated rings. The highest BCUT2D eigenvalue weighted by molar-refractivity contribution is 7.16. The Kier molecular flexibility index (Phi) is 5.76. The lowest BCUT2D eigenvalue weighted by atomic mass is 10.1. The minimum atomic E-state index is -0.281. The molecular formula is C22H20ClN3O3S. The average Bonchev–Trinajstić information content (AvgIpc) is 3.35. The maximum Gasteiger partial charge on any atom is 0.291 e. The maximum absolute atomic E-state index is 12.9. The van der Waals surface area contributed by atoms with Crippen LogP contribution in [0.1, 0.15) is 20.8 Å². The SMILES string of the molecule is CON(C)C(=O)c1sc(-n2cnc3ccc(Cl)cc32)cc1OCc1ccccc1C. The fourth-order valence-electron chi connectivity index (χ4n) is 3.05. The maximum atomic E-state index is 12.9. The van der Waals surface area contributed by atoms with E-state index in [1.165, 1.54) is 23.5 Å². The number of rotatable bonds is 6. The molecule has 4 rings (SSSR count). The van der Waals surface area contributed by atoms with Gasteiger partial charge in [-0.05, 0) is 36.2 Å². The van der Waals surface area contributed by atoms with Gasteiger partial charge in [0.25, 0.3) is 5.91 Å². The highest BCUT2D eigenvalue weighted by Gasteiger charge is 2.23. The number of imidazole rings is 1. The Hall–Kier alpha value is -2.87. The molecule has 0 atom stereocenters. The van der Waals surface area contributed by atoms with Gasteiger partial charge < -0.3 is 4.74 Å². The van der Waals surface area contributed by atoms with Crippen molar-refractivity contribution in [1.82, 2.24) is 14.6 Å². The van der Waals surface area contributed by atoms with Crippen LogP contribution in [0.5, 0.6) is 5.75 Å². The van der Waals surface area contributed by atoms with E-state index in [-0.39, 0.29) is 5.91 Å². The number of benzene rings is 2. The number of carbonyl (C=O) groups is 1. The van der Waals surface area contributed by atoms with Gasteiger partial charge in [-0.1, -0.05) is 35.9 Å². The summed E-state index contributed by atoms with van der Waals surface area (Å²) in [6.07, 6.45) is 1.71. The van der Waals surface area contributed by atoms with E-state index in [1.54, 1.807) is 19.4 Å². The molecule has 2 aromatic carbocycles. The van der Waals surface area contributed by atoms with E-state index in [0.717, 1.165) is 27.2 Å². The molecule has 1 amide bonds. The average molecular weight is 442 g/mol. The van der Waals surface area contributed by atoms with Crippen molar-refractivity contribution in [3.63, 3.8) is 0 Å². The zero-order valence-electron chi connectivity index (χ0n) is 16.8. The van der Waals surface area contributed by atoms with E-state index < -0.39 is 0 Å². The van der Waals surface area contributed by atoms with Crippen molar-refractivity contribution in [2.75, 3.05) is 14.2 Å². The molecule has 30 heavy (non-hydrogen) atoms. The first-order chi connectivity index (χ1) is 14.5. The second-order valence-corrected chi connectivity index (χ2v) is 8.19. The summed E-state index contributed by atoms with van der Waals surface area (Å²) in [6, 6.07) is 15.4. The van der Waals surface area contributed by atoms with Gasteiger partial charge in [0.1, 0.15) is 28.6 Å². The number of hydrogen-bond donors (Lipinski definition) is 0. The third kappa shape index (κ3) is 3.92. The van der Waals surface area contributed by atoms with Crippen LogP contribution in [0.25, 0.3) is 16.0 Å². The Morgan fingerprint density at radius 2 is 2.03 bits per heavy atom. The van der Waals surface area contributed by atoms with Gasteiger partial charge in [0.2, 0.25) is 0 Å². The van der Waals surface area contributed by atoms with Crippen molar-refractivity contribution in [3.05, 3.63) is 75.9 Å². The summed E-state index contributed by atoms with van der Waals surface area (Å²) in [5.74, 6) is 0.215. The van der Waals surface area contributed by atoms with Crippen molar-refractivity contribution < 1.29 is 14.4 Å². The van der Waals surface area contributed by atoms with E-state index >= 15 is 0 Å². The Bertz CT molecular complexity index is 1220. The molecule has 2 heterocycles. The minimum absolute atomic E-state index is 0.281. The highest BCUT2D eigenvalue weighted by atomic mass is 35.5. The van der Waals surface area contributed by atoms with E-state index in [9.17, 15) is 4.79 Å². The third-order valence-corrected chi connectivity index (χ3v) is 6.17. The lowest BCUT2D eigenvalue weighted by molar-refractivity contribution is -0.0755. The second kappa shape index (κ2) is 8.47. The van der Waals surface area contributed by atoms with E-state index in [4.69, 9.17) is 21.2 Å². The van der Waals surface area contributed by atoms with Gasteiger partial charge in [0.15, 0.2) is 0 Å². The lowest BCUT2D eigenvalue weighted by Crippen LogP contribution is -2.25. The first kappa shape index (κ1) is 20.4. The van der Waals surface area contributed by atoms with Crippen LogP contribution < -0.4 is 4.74 Å². The van der Waals surface area contributed by atoms with Crippen LogP contribution in [0.2, 0.25) is 5.02 Å². The molecule has 0 aliphatic rings. The normalized spacial score (nSPS) is 11.1. The van der Waals surface area contributed by atoms with Crippen LogP contribution in [0.15, 0.2) is 54.9 Å². The molecule has 0 spiro atoms. The van der Waals surface area contributed by atoms with Crippen molar-refractivity contribution in [2.45, 2.75) is 13.5 Å². The highest BCUT2D eigenvalue weighted by Crippen LogP contribution is 2.35. The van der Waals surface area contributed by atoms with Crippen molar-refractivity contribution in [3.8, 4) is 10.8 Å². The monoisotopic (exact) mass is 441 g/mol. The molecule has 154 valence electrons. The number of hydroxylamine groups is 2. The van der Waals surface area contributed by atoms with Crippen molar-refractivity contribution in [1.29, 1.82) is 0 Å². The van der Waals surface area contributed by atoms with Gasteiger partial charge in [-0.3, -0.25) is 14.2 Å². The zero-order chi connectivity index (χ0) is 21.3. The Morgan fingerprint density at radius 3 is 2.80 bits per heavy atom. The summed E-state index contributed by atoms with van der Waals surface area (Å²) in [5, 5.41) is 2.60. The van der Waals surface area contributed by atoms with E-state index in [0.29, 0.717) is 22.3 Å². The van der Waals surface area contributed by atoms with Gasteiger partial charge in [0, 0.05) is 18.1 Å². The van der Waals surface area contributed by atoms with Crippen LogP contribution in [-0.2, 0) is 11.4 Å². The Labute approximate surface area is 183 Å². The molecule has 0 saturated carbocycles. The number of aryl methyl sites for hydroxylation is 1. The fourth-order valence-corrected chi connectivity index (χ4v) is 4.27. The number of halogens is 1. The number of amides is 1. The Morgan fingerprint density at radius 1 is 1.23 bits per heavy atom. The number of thiophene rings is 1. The second-order valence-electron chi connectivity index (χ2n) is 6.73. The van der Waals surface area contributed by atoms with E-state index in [1.807, 2.05) is 54.0 Å². The van der Waals surface area contributed by atoms with Crippen molar-refractivity contribution in [2.24, 2.45) is 0 Å². The van der Waals surface area contributed by atoms with Crippen LogP contribution in [0.4, 0.5) is 0 Å². The predicted octanol–water partition coefficient (Wildman–Crippen LogP) is 5.26. The molecule has 0 bridgehead atoms. The molecular weight excluding hydrogens is 422 g/mol. The summed E-state index contributed by atoms with van der Waals surface area (Å²) < 4.78 is 7.98. The van der Waals surface area contributed by atoms with Gasteiger partial charge in [0.05, 0.1) is 18.1 Å². The molecule has 6 nitrogen and oxygen atoms in total. The number of fused-ring (bicyclic) bond motifs is 1. The summed E-state index contributed by atoms with van der Waals surface area (Å²) in [6.45, 7) is 2.39. The zero-order valence-corrected chi connectivity index (χ0v) is 18.3. The largest absolute Gasteiger partial charge is 0.487 e. The number of carbonyl (C=O) groups excluding carboxylic acids is 1. The lowest BCUT2D eigenvalue weighted by Gasteiger charge is -2.14. The molecule has 0 saturated heterocycles. The number of aromatic nitrogens is 2. The smallest absolute Gasteiger partial charge is 0.291 e. The van der Waals surface area contributed by atoms with Gasteiger partial charge in [-0.15, -0.1) is 11.3 Å². The van der Waals surface area contributed by atoms with Crippen LogP contribution in [0, 0.1) is 6.92 Å². The number of ether oxygens (including phenoxy) is 1. The molecule has 8 heteroatoms. The Balaban J connectivity index is 1.74. The third-order valence-electron chi connectivity index (χ3n) is 4.83. The molecule has 0 aliphatic carbocycles. The van der Waals surface area contributed by atoms with Crippen molar-refractivity contribution >= 4 is 39.9 Å². The molecule has 0 N–H and O–H groups in total. The fraction of sp³-hybridized carbons (Fsp3) is 0.182. The van der Waals surface area contributed by atoms with Gasteiger partial charge >= 0.3 is 0 Å². The minimum Gasteiger partial charge on any atom is -0.487 e. The topological polar surface area (TPSA) is 56.6 Å². The standard InChI is InChI=1S/C22H20ClN3O3S/c1-14-6-4-5-7-15(14)12-29-19-11-20(30-21(19)22(27)25(2)28-3)26-13-24-17-9-8-16(23)10-18(17)26/h4-11,13H,12H2,1-3H3. The van der Waals surface area contributed by atoms with Gasteiger partial charge in [-0.2, -0.15) is 0 Å². The summed E-state index contributed by atoms with van der Waals surface area (Å²) in [4.78, 5) is 22.8. The van der Waals surface area contributed by atoms with Crippen LogP contribution in [-0.4, -0.2) is 34.7 Å². The molecule has 0 radical (unpaired) electrons.